The average Bonchev–Trinajstić information content (AvgIpc) is 3.28. The lowest BCUT2D eigenvalue weighted by Crippen LogP contribution is -2.44. The van der Waals surface area contributed by atoms with Crippen molar-refractivity contribution in [3.05, 3.63) is 77.0 Å². The van der Waals surface area contributed by atoms with E-state index in [1.165, 1.54) is 26.4 Å². The Bertz CT molecular complexity index is 1660. The molecule has 210 valence electrons. The van der Waals surface area contributed by atoms with Crippen LogP contribution in [0.4, 0.5) is 5.69 Å². The van der Waals surface area contributed by atoms with E-state index >= 15 is 0 Å². The summed E-state index contributed by atoms with van der Waals surface area (Å²) in [6.07, 6.45) is 0. The van der Waals surface area contributed by atoms with E-state index in [0.29, 0.717) is 33.0 Å². The van der Waals surface area contributed by atoms with E-state index in [0.717, 1.165) is 11.1 Å². The molecule has 11 heteroatoms. The highest BCUT2D eigenvalue weighted by molar-refractivity contribution is 7.89. The molecule has 0 spiro atoms. The molecule has 9 nitrogen and oxygen atoms in total. The predicted octanol–water partition coefficient (Wildman–Crippen LogP) is 5.80. The van der Waals surface area contributed by atoms with Crippen LogP contribution >= 0.6 is 11.6 Å². The van der Waals surface area contributed by atoms with E-state index in [2.05, 4.69) is 10.0 Å². The van der Waals surface area contributed by atoms with Gasteiger partial charge in [0.15, 0.2) is 5.76 Å². The van der Waals surface area contributed by atoms with E-state index in [1.807, 2.05) is 0 Å². The lowest BCUT2D eigenvalue weighted by Gasteiger charge is -2.19. The molecule has 40 heavy (non-hydrogen) atoms. The van der Waals surface area contributed by atoms with Gasteiger partial charge in [0.1, 0.15) is 17.4 Å². The summed E-state index contributed by atoms with van der Waals surface area (Å²) in [6, 6.07) is 15.7. The second kappa shape index (κ2) is 11.7. The van der Waals surface area contributed by atoms with Gasteiger partial charge in [-0.15, -0.1) is 0 Å². The van der Waals surface area contributed by atoms with Crippen molar-refractivity contribution in [1.82, 2.24) is 4.72 Å². The fourth-order valence-corrected chi connectivity index (χ4v) is 5.84. The zero-order valence-electron chi connectivity index (χ0n) is 22.6. The first-order valence-electron chi connectivity index (χ1n) is 12.3. The van der Waals surface area contributed by atoms with Gasteiger partial charge in [-0.25, -0.2) is 8.42 Å². The van der Waals surface area contributed by atoms with Gasteiger partial charge < -0.3 is 19.2 Å². The minimum atomic E-state index is -3.95. The smallest absolute Gasteiger partial charge is 0.324 e. The van der Waals surface area contributed by atoms with Gasteiger partial charge in [-0.3, -0.25) is 9.59 Å². The van der Waals surface area contributed by atoms with Crippen molar-refractivity contribution in [3.8, 4) is 16.9 Å². The highest BCUT2D eigenvalue weighted by Crippen LogP contribution is 2.38. The molecule has 0 aliphatic carbocycles. The van der Waals surface area contributed by atoms with Crippen LogP contribution in [0.3, 0.4) is 0 Å². The summed E-state index contributed by atoms with van der Waals surface area (Å²) in [4.78, 5) is 25.0. The third-order valence-corrected chi connectivity index (χ3v) is 8.21. The number of hydrogen-bond donors (Lipinski definition) is 2. The first kappa shape index (κ1) is 29.1. The lowest BCUT2D eigenvalue weighted by molar-refractivity contribution is -0.143. The Hall–Kier alpha value is -3.86. The minimum absolute atomic E-state index is 0.0220. The fourth-order valence-electron chi connectivity index (χ4n) is 4.27. The molecule has 0 aliphatic heterocycles. The number of carbonyl (C=O) groups excluding carboxylic acids is 2. The molecule has 1 amide bonds. The van der Waals surface area contributed by atoms with Gasteiger partial charge in [-0.1, -0.05) is 49.7 Å². The molecular formula is C29H29ClN2O7S. The summed E-state index contributed by atoms with van der Waals surface area (Å²) >= 11 is 6.22. The van der Waals surface area contributed by atoms with Crippen LogP contribution in [0.25, 0.3) is 22.1 Å². The highest BCUT2D eigenvalue weighted by atomic mass is 35.5. The van der Waals surface area contributed by atoms with Gasteiger partial charge in [-0.05, 0) is 60.4 Å². The highest BCUT2D eigenvalue weighted by Gasteiger charge is 2.29. The van der Waals surface area contributed by atoms with E-state index in [-0.39, 0.29) is 16.6 Å². The molecule has 0 saturated carbocycles. The molecule has 0 saturated heterocycles. The van der Waals surface area contributed by atoms with Crippen molar-refractivity contribution in [1.29, 1.82) is 0 Å². The normalized spacial score (nSPS) is 12.4. The number of methoxy groups -OCH3 is 2. The number of esters is 1. The van der Waals surface area contributed by atoms with Gasteiger partial charge >= 0.3 is 5.97 Å². The first-order chi connectivity index (χ1) is 19.0. The fraction of sp³-hybridized carbons (Fsp3) is 0.241. The van der Waals surface area contributed by atoms with Crippen LogP contribution in [0.15, 0.2) is 70.0 Å². The monoisotopic (exact) mass is 584 g/mol. The molecule has 0 fully saturated rings. The van der Waals surface area contributed by atoms with E-state index < -0.39 is 27.9 Å². The van der Waals surface area contributed by atoms with Crippen molar-refractivity contribution < 1.29 is 31.9 Å². The topological polar surface area (TPSA) is 124 Å². The second-order valence-electron chi connectivity index (χ2n) is 9.43. The number of ether oxygens (including phenoxy) is 2. The minimum Gasteiger partial charge on any atom is -0.494 e. The van der Waals surface area contributed by atoms with E-state index in [9.17, 15) is 18.0 Å². The Morgan fingerprint density at radius 2 is 1.52 bits per heavy atom. The number of rotatable bonds is 9. The maximum absolute atomic E-state index is 13.0. The lowest BCUT2D eigenvalue weighted by atomic mass is 10.1. The SMILES string of the molecule is COC(=O)C(NS(=O)(=O)c1ccc(-c2ccc(NC(=O)c3oc4ccc(Cl)c(OC)c4c3C)cc2)cc1)C(C)C. The zero-order chi connectivity index (χ0) is 29.2. The molecule has 0 bridgehead atoms. The molecule has 1 heterocycles. The van der Waals surface area contributed by atoms with Gasteiger partial charge in [0.25, 0.3) is 5.91 Å². The van der Waals surface area contributed by atoms with Crippen LogP contribution in [0.1, 0.15) is 30.0 Å². The summed E-state index contributed by atoms with van der Waals surface area (Å²) in [5, 5.41) is 3.89. The molecule has 4 rings (SSSR count). The van der Waals surface area contributed by atoms with Gasteiger partial charge in [0.2, 0.25) is 10.0 Å². The Morgan fingerprint density at radius 3 is 2.08 bits per heavy atom. The van der Waals surface area contributed by atoms with Gasteiger partial charge in [0.05, 0.1) is 29.5 Å². The largest absolute Gasteiger partial charge is 0.494 e. The van der Waals surface area contributed by atoms with Crippen molar-refractivity contribution in [2.45, 2.75) is 31.7 Å². The van der Waals surface area contributed by atoms with Crippen LogP contribution in [-0.2, 0) is 19.6 Å². The van der Waals surface area contributed by atoms with Crippen molar-refractivity contribution in [2.75, 3.05) is 19.5 Å². The zero-order valence-corrected chi connectivity index (χ0v) is 24.1. The van der Waals surface area contributed by atoms with Crippen LogP contribution in [0, 0.1) is 12.8 Å². The molecule has 1 unspecified atom stereocenters. The summed E-state index contributed by atoms with van der Waals surface area (Å²) < 4.78 is 44.0. The van der Waals surface area contributed by atoms with Crippen molar-refractivity contribution in [3.63, 3.8) is 0 Å². The van der Waals surface area contributed by atoms with E-state index in [1.54, 1.807) is 69.3 Å². The average molecular weight is 585 g/mol. The van der Waals surface area contributed by atoms with Gasteiger partial charge in [0, 0.05) is 11.3 Å². The molecule has 1 atom stereocenters. The number of furan rings is 1. The number of aryl methyl sites for hydroxylation is 1. The van der Waals surface area contributed by atoms with E-state index in [4.69, 9.17) is 25.5 Å². The third kappa shape index (κ3) is 5.84. The summed E-state index contributed by atoms with van der Waals surface area (Å²) in [7, 11) is -1.23. The molecule has 2 N–H and O–H groups in total. The van der Waals surface area contributed by atoms with Crippen LogP contribution in [-0.4, -0.2) is 40.6 Å². The number of benzene rings is 3. The number of halogens is 1. The Balaban J connectivity index is 1.49. The summed E-state index contributed by atoms with van der Waals surface area (Å²) in [6.45, 7) is 5.22. The molecule has 4 aromatic rings. The maximum atomic E-state index is 13.0. The quantitative estimate of drug-likeness (QED) is 0.238. The van der Waals surface area contributed by atoms with Crippen molar-refractivity contribution in [2.24, 2.45) is 5.92 Å². The van der Waals surface area contributed by atoms with Crippen LogP contribution in [0.2, 0.25) is 5.02 Å². The standard InChI is InChI=1S/C29H29ClN2O7S/c1-16(2)25(29(34)38-5)32-40(35,36)21-12-8-19(9-13-21)18-6-10-20(11-7-18)31-28(33)26-17(3)24-23(39-26)15-14-22(30)27(24)37-4/h6-16,25,32H,1-5H3,(H,31,33). The Labute approximate surface area is 237 Å². The number of hydrogen-bond acceptors (Lipinski definition) is 7. The summed E-state index contributed by atoms with van der Waals surface area (Å²) in [5.74, 6) is -0.772. The molecule has 3 aromatic carbocycles. The number of amides is 1. The molecule has 1 aromatic heterocycles. The molecular weight excluding hydrogens is 556 g/mol. The molecule has 0 radical (unpaired) electrons. The van der Waals surface area contributed by atoms with Gasteiger partial charge in [-0.2, -0.15) is 4.72 Å². The van der Waals surface area contributed by atoms with Crippen LogP contribution < -0.4 is 14.8 Å². The predicted molar refractivity (Wildman–Crippen MR) is 153 cm³/mol. The second-order valence-corrected chi connectivity index (χ2v) is 11.6. The summed E-state index contributed by atoms with van der Waals surface area (Å²) in [5.41, 5.74) is 3.22. The first-order valence-corrected chi connectivity index (χ1v) is 14.2. The third-order valence-electron chi connectivity index (χ3n) is 6.45. The Kier molecular flexibility index (Phi) is 8.53. The van der Waals surface area contributed by atoms with Crippen LogP contribution in [0.5, 0.6) is 5.75 Å². The molecule has 0 aliphatic rings. The number of nitrogens with one attached hydrogen (secondary N) is 2. The maximum Gasteiger partial charge on any atom is 0.324 e. The Morgan fingerprint density at radius 1 is 0.925 bits per heavy atom. The number of anilines is 1. The number of fused-ring (bicyclic) bond motifs is 1. The number of carbonyl (C=O) groups is 2. The number of sulfonamides is 1. The van der Waals surface area contributed by atoms with Crippen molar-refractivity contribution >= 4 is 50.2 Å².